The minimum atomic E-state index is -0.605. The summed E-state index contributed by atoms with van der Waals surface area (Å²) in [6.45, 7) is 14.1. The van der Waals surface area contributed by atoms with Crippen LogP contribution in [-0.2, 0) is 19.3 Å². The Morgan fingerprint density at radius 1 is 0.354 bits per heavy atom. The number of aryl methyl sites for hydroxylation is 4. The Bertz CT molecular complexity index is 6210. The second-order valence-corrected chi connectivity index (χ2v) is 27.5. The number of fused-ring (bicyclic) bond motifs is 10. The molecule has 15 heteroatoms. The van der Waals surface area contributed by atoms with E-state index in [9.17, 15) is 19.2 Å². The van der Waals surface area contributed by atoms with Gasteiger partial charge in [0.15, 0.2) is 0 Å². The zero-order valence-corrected chi connectivity index (χ0v) is 57.0. The van der Waals surface area contributed by atoms with E-state index in [1.807, 2.05) is 128 Å². The van der Waals surface area contributed by atoms with E-state index in [0.717, 1.165) is 131 Å². The van der Waals surface area contributed by atoms with Crippen molar-refractivity contribution in [3.63, 3.8) is 0 Å². The number of pyridine rings is 2. The molecule has 0 radical (unpaired) electrons. The van der Waals surface area contributed by atoms with Gasteiger partial charge in [-0.3, -0.25) is 9.97 Å². The molecule has 0 bridgehead atoms. The molecule has 0 aliphatic rings. The van der Waals surface area contributed by atoms with E-state index in [4.69, 9.17) is 37.6 Å². The predicted molar refractivity (Wildman–Crippen MR) is 404 cm³/mol. The summed E-state index contributed by atoms with van der Waals surface area (Å²) in [5.74, 6) is 0. The monoisotopic (exact) mass is 1340 g/mol. The van der Waals surface area contributed by atoms with Gasteiger partial charge in [0.05, 0.1) is 68.0 Å². The minimum absolute atomic E-state index is 0.194. The van der Waals surface area contributed by atoms with Crippen molar-refractivity contribution in [1.29, 1.82) is 0 Å². The molecule has 0 amide bonds. The number of aromatic nitrogens is 4. The van der Waals surface area contributed by atoms with Gasteiger partial charge in [0.1, 0.15) is 28.0 Å². The average Bonchev–Trinajstić information content (AvgIpc) is 0.964. The molecule has 0 unspecified atom stereocenters. The van der Waals surface area contributed by atoms with Crippen molar-refractivity contribution in [1.82, 2.24) is 19.9 Å². The largest absolute Gasteiger partial charge is 0.422 e. The SMILES string of the molecule is CCCc1ccc2c(ccc3oc(=O)c(-c4cnc(-c5cc(-c6cc(-c7cc8c(ccc9cc(CCC)ccc98)oc7=O)nc(-c7c(C)c8ccc(N(CC)CC)cc8oc7=O)c6)cc(-c6ccc(-c7ccc(-c8cc9c(ccc%10cc(CCC)ccc%109)oc8=O)s7)s6)n5)cn4)cc32)c1. The first-order valence-electron chi connectivity index (χ1n) is 33.7. The fourth-order valence-electron chi connectivity index (χ4n) is 14.0. The topological polar surface area (TPSA) is 176 Å². The van der Waals surface area contributed by atoms with Gasteiger partial charge in [-0.1, -0.05) is 113 Å². The van der Waals surface area contributed by atoms with Crippen LogP contribution in [0.25, 0.3) is 163 Å². The Kier molecular flexibility index (Phi) is 16.2. The van der Waals surface area contributed by atoms with Crippen molar-refractivity contribution in [2.75, 3.05) is 18.0 Å². The van der Waals surface area contributed by atoms with Gasteiger partial charge in [0, 0.05) is 61.0 Å². The summed E-state index contributed by atoms with van der Waals surface area (Å²) in [6, 6.07) is 57.9. The molecule has 99 heavy (non-hydrogen) atoms. The van der Waals surface area contributed by atoms with Crippen molar-refractivity contribution in [3.8, 4) is 87.1 Å². The number of rotatable bonds is 17. The zero-order valence-electron chi connectivity index (χ0n) is 55.4. The summed E-state index contributed by atoms with van der Waals surface area (Å²) >= 11 is 3.04. The zero-order chi connectivity index (χ0) is 67.7. The Balaban J connectivity index is 0.857. The van der Waals surface area contributed by atoms with Crippen molar-refractivity contribution >= 4 is 105 Å². The third-order valence-corrected chi connectivity index (χ3v) is 21.4. The van der Waals surface area contributed by atoms with Gasteiger partial charge in [0.2, 0.25) is 0 Å². The Hall–Kier alpha value is -11.3. The van der Waals surface area contributed by atoms with E-state index >= 15 is 0 Å². The molecule has 0 saturated heterocycles. The first kappa shape index (κ1) is 62.5. The molecule has 0 spiro atoms. The molecule has 0 aliphatic heterocycles. The quantitative estimate of drug-likeness (QED) is 0.0622. The van der Waals surface area contributed by atoms with E-state index in [1.54, 1.807) is 12.4 Å². The van der Waals surface area contributed by atoms with Gasteiger partial charge >= 0.3 is 22.5 Å². The van der Waals surface area contributed by atoms with Crippen LogP contribution in [0, 0.1) is 6.92 Å². The maximum atomic E-state index is 14.8. The fraction of sp³-hybridized carbons (Fsp3) is 0.167. The van der Waals surface area contributed by atoms with Gasteiger partial charge in [-0.15, -0.1) is 22.7 Å². The summed E-state index contributed by atoms with van der Waals surface area (Å²) in [5, 5.41) is 9.17. The fourth-order valence-corrected chi connectivity index (χ4v) is 16.0. The summed E-state index contributed by atoms with van der Waals surface area (Å²) < 4.78 is 24.4. The molecule has 7 aromatic carbocycles. The number of benzene rings is 7. The molecule has 13 nitrogen and oxygen atoms in total. The Labute approximate surface area is 576 Å². The lowest BCUT2D eigenvalue weighted by molar-refractivity contribution is 0.561. The van der Waals surface area contributed by atoms with Crippen molar-refractivity contribution in [3.05, 3.63) is 252 Å². The lowest BCUT2D eigenvalue weighted by atomic mass is 9.96. The van der Waals surface area contributed by atoms with E-state index in [-0.39, 0.29) is 28.1 Å². The van der Waals surface area contributed by atoms with Crippen LogP contribution in [0.1, 0.15) is 76.1 Å². The highest BCUT2D eigenvalue weighted by molar-refractivity contribution is 7.25. The second kappa shape index (κ2) is 25.6. The smallest absolute Gasteiger partial charge is 0.346 e. The standard InChI is InChI=1S/C84H65N5O8S2/c1-7-12-47-15-22-57-50(33-47)18-26-72-60(57)41-63(81(90)94-72)66-36-53(39-69(87-66)80-46(6)56-25-21-55(89(10-4)11-5)40-75(56)97-84(80)93)54-37-67(71-45-85-70(44-86-71)64-42-61-58-23-16-48(13-8-2)34-51(58)19-27-73(61)95-82(64)91)88-68(38-54)77-30-32-79(99-77)78-31-29-76(98-78)65-43-62-59-24-17-49(14-9-3)35-52(59)20-28-74(62)96-83(65)92/h15-45H,7-14H2,1-6H3. The van der Waals surface area contributed by atoms with Crippen molar-refractivity contribution in [2.24, 2.45) is 0 Å². The highest BCUT2D eigenvalue weighted by atomic mass is 32.1. The lowest BCUT2D eigenvalue weighted by Gasteiger charge is -2.21. The predicted octanol–water partition coefficient (Wildman–Crippen LogP) is 20.6. The first-order chi connectivity index (χ1) is 48.3. The van der Waals surface area contributed by atoms with Crippen LogP contribution in [-0.4, -0.2) is 33.0 Å². The maximum absolute atomic E-state index is 14.8. The molecule has 0 atom stereocenters. The van der Waals surface area contributed by atoms with Gasteiger partial charge in [-0.2, -0.15) is 0 Å². The van der Waals surface area contributed by atoms with E-state index in [1.165, 1.54) is 39.4 Å². The molecule has 16 rings (SSSR count). The van der Waals surface area contributed by atoms with Gasteiger partial charge in [0.25, 0.3) is 0 Å². The maximum Gasteiger partial charge on any atom is 0.346 e. The molecule has 0 fully saturated rings. The molecule has 16 aromatic rings. The van der Waals surface area contributed by atoms with E-state index in [2.05, 4.69) is 94.1 Å². The van der Waals surface area contributed by atoms with Crippen LogP contribution in [0.2, 0.25) is 0 Å². The molecule has 0 aliphatic carbocycles. The van der Waals surface area contributed by atoms with Crippen LogP contribution in [0.5, 0.6) is 0 Å². The Morgan fingerprint density at radius 2 is 0.788 bits per heavy atom. The lowest BCUT2D eigenvalue weighted by Crippen LogP contribution is -2.21. The number of anilines is 1. The van der Waals surface area contributed by atoms with Crippen LogP contribution in [0.3, 0.4) is 0 Å². The van der Waals surface area contributed by atoms with E-state index < -0.39 is 22.5 Å². The molecule has 0 N–H and O–H groups in total. The average molecular weight is 1340 g/mol. The molecule has 486 valence electrons. The van der Waals surface area contributed by atoms with Crippen LogP contribution < -0.4 is 27.4 Å². The van der Waals surface area contributed by atoms with Gasteiger partial charge in [-0.25, -0.2) is 29.1 Å². The minimum Gasteiger partial charge on any atom is -0.422 e. The summed E-state index contributed by atoms with van der Waals surface area (Å²) in [5.41, 5.74) is 9.72. The molecule has 0 saturated carbocycles. The van der Waals surface area contributed by atoms with Crippen molar-refractivity contribution < 1.29 is 17.7 Å². The van der Waals surface area contributed by atoms with Gasteiger partial charge < -0.3 is 22.6 Å². The number of hydrogen-bond donors (Lipinski definition) is 0. The summed E-state index contributed by atoms with van der Waals surface area (Å²) in [4.78, 5) is 83.2. The van der Waals surface area contributed by atoms with Crippen LogP contribution in [0.15, 0.2) is 225 Å². The summed E-state index contributed by atoms with van der Waals surface area (Å²) in [7, 11) is 0. The van der Waals surface area contributed by atoms with E-state index in [0.29, 0.717) is 67.4 Å². The number of nitrogens with zero attached hydrogens (tertiary/aromatic N) is 5. The molecule has 9 heterocycles. The molecule has 9 aromatic heterocycles. The normalized spacial score (nSPS) is 11.8. The number of hydrogen-bond acceptors (Lipinski definition) is 15. The van der Waals surface area contributed by atoms with Crippen LogP contribution in [0.4, 0.5) is 5.69 Å². The Morgan fingerprint density at radius 3 is 1.32 bits per heavy atom. The third-order valence-electron chi connectivity index (χ3n) is 19.0. The molecular formula is C84H65N5O8S2. The second-order valence-electron chi connectivity index (χ2n) is 25.3. The highest BCUT2D eigenvalue weighted by Crippen LogP contribution is 2.43. The van der Waals surface area contributed by atoms with Crippen molar-refractivity contribution in [2.45, 2.75) is 80.1 Å². The van der Waals surface area contributed by atoms with Gasteiger partial charge in [-0.05, 0) is 203 Å². The number of thiophene rings is 2. The first-order valence-corrected chi connectivity index (χ1v) is 35.3. The third kappa shape index (κ3) is 11.5. The van der Waals surface area contributed by atoms with Crippen LogP contribution >= 0.6 is 22.7 Å². The highest BCUT2D eigenvalue weighted by Gasteiger charge is 2.24. The summed E-state index contributed by atoms with van der Waals surface area (Å²) in [6.07, 6.45) is 9.09. The molecular weight excluding hydrogens is 1270 g/mol.